The van der Waals surface area contributed by atoms with E-state index in [0.717, 1.165) is 6.42 Å². The highest BCUT2D eigenvalue weighted by Gasteiger charge is 2.24. The summed E-state index contributed by atoms with van der Waals surface area (Å²) >= 11 is 0. The molecule has 2 aromatic carbocycles. The molecule has 2 aromatic rings. The van der Waals surface area contributed by atoms with E-state index in [-0.39, 0.29) is 0 Å². The van der Waals surface area contributed by atoms with Gasteiger partial charge in [-0.3, -0.25) is 0 Å². The lowest BCUT2D eigenvalue weighted by Gasteiger charge is -2.24. The van der Waals surface area contributed by atoms with Crippen molar-refractivity contribution in [3.63, 3.8) is 0 Å². The summed E-state index contributed by atoms with van der Waals surface area (Å²) in [5, 5.41) is 1.52. The Morgan fingerprint density at radius 3 is 2.10 bits per heavy atom. The van der Waals surface area contributed by atoms with Crippen LogP contribution in [-0.4, -0.2) is 8.07 Å². The van der Waals surface area contributed by atoms with Crippen LogP contribution in [0.25, 0.3) is 6.08 Å². The zero-order valence-corrected chi connectivity index (χ0v) is 14.0. The van der Waals surface area contributed by atoms with Gasteiger partial charge in [-0.2, -0.15) is 0 Å². The summed E-state index contributed by atoms with van der Waals surface area (Å²) < 4.78 is 0. The van der Waals surface area contributed by atoms with Gasteiger partial charge in [-0.15, -0.1) is 6.58 Å². The molecule has 0 unspecified atom stereocenters. The van der Waals surface area contributed by atoms with Gasteiger partial charge in [0.2, 0.25) is 0 Å². The van der Waals surface area contributed by atoms with Crippen molar-refractivity contribution >= 4 is 19.3 Å². The van der Waals surface area contributed by atoms with Crippen molar-refractivity contribution in [1.82, 2.24) is 0 Å². The number of benzene rings is 2. The van der Waals surface area contributed by atoms with Gasteiger partial charge >= 0.3 is 0 Å². The lowest BCUT2D eigenvalue weighted by Crippen LogP contribution is -2.41. The third-order valence-corrected chi connectivity index (χ3v) is 7.04. The summed E-state index contributed by atoms with van der Waals surface area (Å²) in [6.07, 6.45) is 5.32. The van der Waals surface area contributed by atoms with E-state index in [1.807, 2.05) is 6.08 Å². The van der Waals surface area contributed by atoms with Crippen LogP contribution in [0.4, 0.5) is 0 Å². The van der Waals surface area contributed by atoms with Crippen molar-refractivity contribution in [2.45, 2.75) is 25.6 Å². The molecule has 0 atom stereocenters. The average molecular weight is 292 g/mol. The number of hydrogen-bond donors (Lipinski definition) is 0. The predicted octanol–water partition coefficient (Wildman–Crippen LogP) is 5.26. The maximum atomic E-state index is 3.92. The predicted molar refractivity (Wildman–Crippen MR) is 97.6 cm³/mol. The first-order valence-electron chi connectivity index (χ1n) is 7.53. The quantitative estimate of drug-likeness (QED) is 0.503. The zero-order chi connectivity index (χ0) is 15.1. The van der Waals surface area contributed by atoms with Crippen molar-refractivity contribution in [3.8, 4) is 0 Å². The first-order chi connectivity index (χ1) is 10.1. The van der Waals surface area contributed by atoms with E-state index in [9.17, 15) is 0 Å². The van der Waals surface area contributed by atoms with Crippen LogP contribution >= 0.6 is 0 Å². The molecule has 0 spiro atoms. The highest BCUT2D eigenvalue weighted by atomic mass is 28.3. The topological polar surface area (TPSA) is 0 Å². The number of allylic oxidation sites excluding steroid dienone is 2. The zero-order valence-electron chi connectivity index (χ0n) is 13.0. The molecule has 21 heavy (non-hydrogen) atoms. The minimum Gasteiger partial charge on any atom is -0.103 e. The van der Waals surface area contributed by atoms with E-state index >= 15 is 0 Å². The Bertz CT molecular complexity index is 594. The van der Waals surface area contributed by atoms with Gasteiger partial charge in [0.05, 0.1) is 8.07 Å². The Hall–Kier alpha value is -1.86. The maximum Gasteiger partial charge on any atom is 0.0846 e. The molecule has 0 saturated carbocycles. The van der Waals surface area contributed by atoms with Crippen LogP contribution in [0.3, 0.4) is 0 Å². The molecule has 0 N–H and O–H groups in total. The second kappa shape index (κ2) is 7.23. The first-order valence-corrected chi connectivity index (χ1v) is 10.7. The number of hydrogen-bond acceptors (Lipinski definition) is 0. The van der Waals surface area contributed by atoms with Gasteiger partial charge in [0.1, 0.15) is 0 Å². The van der Waals surface area contributed by atoms with Gasteiger partial charge in [0.15, 0.2) is 0 Å². The standard InChI is InChI=1S/C20H24Si/c1-4-11-19(16-18-12-7-5-8-13-18)17-21(2,3)20-14-9-6-10-15-20/h4-10,12-16H,1,11,17H2,2-3H3/b19-16+. The molecule has 2 rings (SSSR count). The van der Waals surface area contributed by atoms with Crippen LogP contribution in [0, 0.1) is 0 Å². The normalized spacial score (nSPS) is 12.2. The molecule has 1 heteroatoms. The molecule has 0 nitrogen and oxygen atoms in total. The second-order valence-corrected chi connectivity index (χ2v) is 10.8. The van der Waals surface area contributed by atoms with Gasteiger partial charge < -0.3 is 0 Å². The van der Waals surface area contributed by atoms with Crippen LogP contribution in [0.5, 0.6) is 0 Å². The van der Waals surface area contributed by atoms with Crippen molar-refractivity contribution in [3.05, 3.63) is 84.5 Å². The van der Waals surface area contributed by atoms with E-state index < -0.39 is 8.07 Å². The van der Waals surface area contributed by atoms with Gasteiger partial charge in [0, 0.05) is 0 Å². The molecule has 0 aliphatic carbocycles. The third-order valence-electron chi connectivity index (χ3n) is 3.80. The van der Waals surface area contributed by atoms with Crippen molar-refractivity contribution in [2.75, 3.05) is 0 Å². The average Bonchev–Trinajstić information content (AvgIpc) is 2.49. The van der Waals surface area contributed by atoms with E-state index in [4.69, 9.17) is 0 Å². The molecular formula is C20H24Si. The Morgan fingerprint density at radius 2 is 1.52 bits per heavy atom. The van der Waals surface area contributed by atoms with Crippen LogP contribution in [0.15, 0.2) is 78.9 Å². The molecule has 0 fully saturated rings. The highest BCUT2D eigenvalue weighted by molar-refractivity contribution is 6.90. The molecule has 0 saturated heterocycles. The van der Waals surface area contributed by atoms with Crippen molar-refractivity contribution < 1.29 is 0 Å². The minimum atomic E-state index is -1.45. The fraction of sp³-hybridized carbons (Fsp3) is 0.200. The van der Waals surface area contributed by atoms with E-state index in [0.29, 0.717) is 0 Å². The maximum absolute atomic E-state index is 3.92. The lowest BCUT2D eigenvalue weighted by atomic mass is 10.1. The van der Waals surface area contributed by atoms with Crippen LogP contribution in [0.2, 0.25) is 19.1 Å². The SMILES string of the molecule is C=CC/C(=C\c1ccccc1)C[Si](C)(C)c1ccccc1. The van der Waals surface area contributed by atoms with E-state index in [1.165, 1.54) is 22.4 Å². The monoisotopic (exact) mass is 292 g/mol. The molecular weight excluding hydrogens is 268 g/mol. The third kappa shape index (κ3) is 4.57. The fourth-order valence-electron chi connectivity index (χ4n) is 2.71. The first kappa shape index (κ1) is 15.5. The highest BCUT2D eigenvalue weighted by Crippen LogP contribution is 2.22. The summed E-state index contributed by atoms with van der Waals surface area (Å²) in [6, 6.07) is 22.7. The summed E-state index contributed by atoms with van der Waals surface area (Å²) in [5.41, 5.74) is 2.77. The van der Waals surface area contributed by atoms with Crippen molar-refractivity contribution in [2.24, 2.45) is 0 Å². The Morgan fingerprint density at radius 1 is 0.952 bits per heavy atom. The lowest BCUT2D eigenvalue weighted by molar-refractivity contribution is 1.20. The van der Waals surface area contributed by atoms with Gasteiger partial charge in [-0.25, -0.2) is 0 Å². The smallest absolute Gasteiger partial charge is 0.0846 e. The molecule has 0 aromatic heterocycles. The van der Waals surface area contributed by atoms with Crippen molar-refractivity contribution in [1.29, 1.82) is 0 Å². The Balaban J connectivity index is 2.24. The summed E-state index contributed by atoms with van der Waals surface area (Å²) in [6.45, 7) is 8.82. The minimum absolute atomic E-state index is 0.970. The second-order valence-electron chi connectivity index (χ2n) is 6.13. The van der Waals surface area contributed by atoms with E-state index in [1.54, 1.807) is 0 Å². The van der Waals surface area contributed by atoms with Gasteiger partial charge in [-0.1, -0.05) is 96.7 Å². The molecule has 0 heterocycles. The molecule has 108 valence electrons. The molecule has 0 aliphatic rings. The van der Waals surface area contributed by atoms with Crippen LogP contribution < -0.4 is 5.19 Å². The van der Waals surface area contributed by atoms with Crippen LogP contribution in [-0.2, 0) is 0 Å². The Labute approximate surface area is 129 Å². The fourth-order valence-corrected chi connectivity index (χ4v) is 5.39. The van der Waals surface area contributed by atoms with Crippen LogP contribution in [0.1, 0.15) is 12.0 Å². The summed E-state index contributed by atoms with van der Waals surface area (Å²) in [5.74, 6) is 0. The molecule has 0 radical (unpaired) electrons. The summed E-state index contributed by atoms with van der Waals surface area (Å²) in [7, 11) is -1.45. The molecule has 0 aliphatic heterocycles. The van der Waals surface area contributed by atoms with E-state index in [2.05, 4.69) is 86.4 Å². The largest absolute Gasteiger partial charge is 0.103 e. The molecule has 0 bridgehead atoms. The van der Waals surface area contributed by atoms with Gasteiger partial charge in [-0.05, 0) is 18.0 Å². The Kier molecular flexibility index (Phi) is 5.35. The molecule has 0 amide bonds. The number of rotatable bonds is 6. The van der Waals surface area contributed by atoms with Gasteiger partial charge in [0.25, 0.3) is 0 Å². The summed E-state index contributed by atoms with van der Waals surface area (Å²) in [4.78, 5) is 0.